The average molecular weight is 274 g/mol. The van der Waals surface area contributed by atoms with Gasteiger partial charge in [0.2, 0.25) is 0 Å². The van der Waals surface area contributed by atoms with Crippen LogP contribution in [0.1, 0.15) is 41.6 Å². The van der Waals surface area contributed by atoms with E-state index in [2.05, 4.69) is 5.32 Å². The molecular weight excluding hydrogens is 252 g/mol. The molecule has 2 N–H and O–H groups in total. The van der Waals surface area contributed by atoms with Gasteiger partial charge in [0.1, 0.15) is 5.75 Å². The summed E-state index contributed by atoms with van der Waals surface area (Å²) >= 11 is 0. The fourth-order valence-corrected chi connectivity index (χ4v) is 3.53. The minimum atomic E-state index is -0.0718. The molecule has 3 rings (SSSR count). The number of hydrogen-bond acceptors (Lipinski definition) is 3. The van der Waals surface area contributed by atoms with Gasteiger partial charge in [-0.3, -0.25) is 4.79 Å². The van der Waals surface area contributed by atoms with Crippen LogP contribution in [-0.4, -0.2) is 41.1 Å². The summed E-state index contributed by atoms with van der Waals surface area (Å²) in [5, 5.41) is 13.7. The number of carbonyl (C=O) groups is 1. The number of phenolic OH excluding ortho intramolecular Hbond substituents is 1. The topological polar surface area (TPSA) is 52.6 Å². The number of fused-ring (bicyclic) bond motifs is 2. The molecule has 2 saturated heterocycles. The normalized spacial score (nSPS) is 28.4. The van der Waals surface area contributed by atoms with Crippen molar-refractivity contribution in [2.45, 2.75) is 50.7 Å². The fourth-order valence-electron chi connectivity index (χ4n) is 3.53. The van der Waals surface area contributed by atoms with Crippen molar-refractivity contribution in [1.29, 1.82) is 0 Å². The third-order valence-electron chi connectivity index (χ3n) is 4.78. The molecule has 2 atom stereocenters. The third-order valence-corrected chi connectivity index (χ3v) is 4.78. The standard InChI is InChI=1S/C16H22N2O2/c1-10-4-3-5-14(15(10)19)16(20)18(2)13-8-11-6-7-12(9-13)17-11/h3-5,11-13,17,19H,6-9H2,1-2H3. The molecule has 20 heavy (non-hydrogen) atoms. The number of phenols is 1. The molecule has 108 valence electrons. The number of nitrogens with zero attached hydrogens (tertiary/aromatic N) is 1. The van der Waals surface area contributed by atoms with Crippen molar-refractivity contribution in [3.05, 3.63) is 29.3 Å². The van der Waals surface area contributed by atoms with Gasteiger partial charge in [-0.15, -0.1) is 0 Å². The van der Waals surface area contributed by atoms with E-state index in [1.807, 2.05) is 31.0 Å². The Bertz CT molecular complexity index is 517. The Kier molecular flexibility index (Phi) is 3.42. The zero-order valence-corrected chi connectivity index (χ0v) is 12.1. The van der Waals surface area contributed by atoms with Gasteiger partial charge in [-0.05, 0) is 44.2 Å². The Balaban J connectivity index is 1.78. The number of hydrogen-bond donors (Lipinski definition) is 2. The number of para-hydroxylation sites is 1. The Morgan fingerprint density at radius 1 is 1.30 bits per heavy atom. The molecule has 4 heteroatoms. The lowest BCUT2D eigenvalue weighted by molar-refractivity contribution is 0.0678. The van der Waals surface area contributed by atoms with Gasteiger partial charge >= 0.3 is 0 Å². The fraction of sp³-hybridized carbons (Fsp3) is 0.562. The summed E-state index contributed by atoms with van der Waals surface area (Å²) in [6, 6.07) is 6.73. The van der Waals surface area contributed by atoms with Crippen molar-refractivity contribution in [2.24, 2.45) is 0 Å². The van der Waals surface area contributed by atoms with Gasteiger partial charge in [0.15, 0.2) is 0 Å². The maximum Gasteiger partial charge on any atom is 0.257 e. The van der Waals surface area contributed by atoms with Crippen LogP contribution in [0, 0.1) is 6.92 Å². The van der Waals surface area contributed by atoms with Crippen molar-refractivity contribution in [3.8, 4) is 5.75 Å². The number of aryl methyl sites for hydroxylation is 1. The molecule has 2 aliphatic heterocycles. The van der Waals surface area contributed by atoms with Crippen LogP contribution in [0.15, 0.2) is 18.2 Å². The highest BCUT2D eigenvalue weighted by Gasteiger charge is 2.36. The Morgan fingerprint density at radius 2 is 1.95 bits per heavy atom. The van der Waals surface area contributed by atoms with Gasteiger partial charge in [0.25, 0.3) is 5.91 Å². The summed E-state index contributed by atoms with van der Waals surface area (Å²) in [4.78, 5) is 14.4. The number of aromatic hydroxyl groups is 1. The SMILES string of the molecule is Cc1cccc(C(=O)N(C)C2CC3CCC(C2)N3)c1O. The van der Waals surface area contributed by atoms with Crippen LogP contribution >= 0.6 is 0 Å². The van der Waals surface area contributed by atoms with Gasteiger partial charge in [-0.2, -0.15) is 0 Å². The third kappa shape index (κ3) is 2.29. The Labute approximate surface area is 119 Å². The summed E-state index contributed by atoms with van der Waals surface area (Å²) in [6.45, 7) is 1.82. The highest BCUT2D eigenvalue weighted by molar-refractivity contribution is 5.97. The first-order chi connectivity index (χ1) is 9.56. The zero-order valence-electron chi connectivity index (χ0n) is 12.1. The molecule has 2 unspecified atom stereocenters. The number of carbonyl (C=O) groups excluding carboxylic acids is 1. The van der Waals surface area contributed by atoms with E-state index >= 15 is 0 Å². The minimum Gasteiger partial charge on any atom is -0.507 e. The number of amides is 1. The molecule has 1 aromatic rings. The second-order valence-electron chi connectivity index (χ2n) is 6.15. The van der Waals surface area contributed by atoms with Crippen LogP contribution in [0.3, 0.4) is 0 Å². The summed E-state index contributed by atoms with van der Waals surface area (Å²) in [7, 11) is 1.86. The highest BCUT2D eigenvalue weighted by atomic mass is 16.3. The predicted octanol–water partition coefficient (Wildman–Crippen LogP) is 2.06. The Morgan fingerprint density at radius 3 is 2.60 bits per heavy atom. The maximum absolute atomic E-state index is 12.6. The molecule has 2 fully saturated rings. The first-order valence-corrected chi connectivity index (χ1v) is 7.38. The molecule has 4 nitrogen and oxygen atoms in total. The van der Waals surface area contributed by atoms with E-state index in [4.69, 9.17) is 0 Å². The average Bonchev–Trinajstić information content (AvgIpc) is 2.79. The summed E-state index contributed by atoms with van der Waals surface area (Å²) in [5.41, 5.74) is 1.16. The molecule has 0 aliphatic carbocycles. The van der Waals surface area contributed by atoms with E-state index in [0.717, 1.165) is 18.4 Å². The zero-order chi connectivity index (χ0) is 14.3. The smallest absolute Gasteiger partial charge is 0.257 e. The number of benzene rings is 1. The molecule has 0 radical (unpaired) electrons. The van der Waals surface area contributed by atoms with Gasteiger partial charge in [-0.25, -0.2) is 0 Å². The summed E-state index contributed by atoms with van der Waals surface area (Å²) < 4.78 is 0. The van der Waals surface area contributed by atoms with Crippen LogP contribution in [-0.2, 0) is 0 Å². The molecule has 2 aliphatic rings. The number of piperidine rings is 1. The molecule has 0 spiro atoms. The van der Waals surface area contributed by atoms with Crippen molar-refractivity contribution >= 4 is 5.91 Å². The monoisotopic (exact) mass is 274 g/mol. The van der Waals surface area contributed by atoms with Gasteiger partial charge < -0.3 is 15.3 Å². The van der Waals surface area contributed by atoms with E-state index in [-0.39, 0.29) is 17.7 Å². The van der Waals surface area contributed by atoms with Gasteiger partial charge in [-0.1, -0.05) is 12.1 Å². The van der Waals surface area contributed by atoms with Gasteiger partial charge in [0.05, 0.1) is 5.56 Å². The van der Waals surface area contributed by atoms with Crippen molar-refractivity contribution in [2.75, 3.05) is 7.05 Å². The lowest BCUT2D eigenvalue weighted by Crippen LogP contribution is -2.48. The molecule has 0 saturated carbocycles. The minimum absolute atomic E-state index is 0.0718. The first-order valence-electron chi connectivity index (χ1n) is 7.38. The molecular formula is C16H22N2O2. The van der Waals surface area contributed by atoms with E-state index in [0.29, 0.717) is 17.6 Å². The molecule has 1 amide bonds. The predicted molar refractivity (Wildman–Crippen MR) is 77.9 cm³/mol. The Hall–Kier alpha value is -1.55. The summed E-state index contributed by atoms with van der Waals surface area (Å²) in [6.07, 6.45) is 4.48. The highest BCUT2D eigenvalue weighted by Crippen LogP contribution is 2.31. The van der Waals surface area contributed by atoms with Crippen LogP contribution in [0.2, 0.25) is 0 Å². The van der Waals surface area contributed by atoms with E-state index in [9.17, 15) is 9.90 Å². The van der Waals surface area contributed by atoms with Crippen LogP contribution in [0.4, 0.5) is 0 Å². The van der Waals surface area contributed by atoms with Crippen LogP contribution < -0.4 is 5.32 Å². The van der Waals surface area contributed by atoms with Crippen LogP contribution in [0.5, 0.6) is 5.75 Å². The first kappa shape index (κ1) is 13.4. The summed E-state index contributed by atoms with van der Waals surface area (Å²) in [5.74, 6) is 0.0405. The second-order valence-corrected chi connectivity index (χ2v) is 6.15. The van der Waals surface area contributed by atoms with Crippen molar-refractivity contribution in [3.63, 3.8) is 0 Å². The molecule has 0 aromatic heterocycles. The number of nitrogens with one attached hydrogen (secondary N) is 1. The van der Waals surface area contributed by atoms with Crippen molar-refractivity contribution < 1.29 is 9.90 Å². The molecule has 1 aromatic carbocycles. The van der Waals surface area contributed by atoms with E-state index < -0.39 is 0 Å². The van der Waals surface area contributed by atoms with Gasteiger partial charge in [0, 0.05) is 25.2 Å². The maximum atomic E-state index is 12.6. The lowest BCUT2D eigenvalue weighted by Gasteiger charge is -2.35. The quantitative estimate of drug-likeness (QED) is 0.868. The second kappa shape index (κ2) is 5.09. The lowest BCUT2D eigenvalue weighted by atomic mass is 9.97. The number of rotatable bonds is 2. The van der Waals surface area contributed by atoms with E-state index in [1.54, 1.807) is 6.07 Å². The largest absolute Gasteiger partial charge is 0.507 e. The van der Waals surface area contributed by atoms with Crippen molar-refractivity contribution in [1.82, 2.24) is 10.2 Å². The molecule has 2 bridgehead atoms. The molecule has 2 heterocycles. The van der Waals surface area contributed by atoms with Crippen LogP contribution in [0.25, 0.3) is 0 Å². The van der Waals surface area contributed by atoms with E-state index in [1.165, 1.54) is 12.8 Å².